The van der Waals surface area contributed by atoms with Crippen molar-refractivity contribution in [1.82, 2.24) is 19.7 Å². The fraction of sp³-hybridized carbons (Fsp3) is 0.0556. The molecular weight excluding hydrogens is 350 g/mol. The number of benzene rings is 1. The van der Waals surface area contributed by atoms with Gasteiger partial charge >= 0.3 is 0 Å². The van der Waals surface area contributed by atoms with Gasteiger partial charge in [0.25, 0.3) is 5.91 Å². The van der Waals surface area contributed by atoms with Crippen LogP contribution in [-0.4, -0.2) is 32.8 Å². The Kier molecular flexibility index (Phi) is 4.66. The molecule has 8 heteroatoms. The van der Waals surface area contributed by atoms with Crippen molar-refractivity contribution < 1.29 is 9.53 Å². The third kappa shape index (κ3) is 3.32. The average Bonchev–Trinajstić information content (AvgIpc) is 3.41. The fourth-order valence-corrected chi connectivity index (χ4v) is 3.38. The average molecular weight is 364 g/mol. The summed E-state index contributed by atoms with van der Waals surface area (Å²) in [4.78, 5) is 21.1. The Labute approximate surface area is 155 Å². The molecule has 0 saturated heterocycles. The largest absolute Gasteiger partial charge is 0.497 e. The first-order chi connectivity index (χ1) is 12.7. The molecule has 1 aliphatic carbocycles. The number of carbonyl (C=O) groups is 1. The maximum atomic E-state index is 12.5. The Bertz CT molecular complexity index is 883. The lowest BCUT2D eigenvalue weighted by Crippen LogP contribution is -2.11. The molecule has 4 rings (SSSR count). The lowest BCUT2D eigenvalue weighted by molar-refractivity contribution is 0.102. The molecule has 2 heterocycles. The first-order valence-corrected chi connectivity index (χ1v) is 8.59. The summed E-state index contributed by atoms with van der Waals surface area (Å²) < 4.78 is 6.75. The van der Waals surface area contributed by atoms with E-state index in [0.29, 0.717) is 16.4 Å². The number of methoxy groups -OCH3 is 1. The molecule has 1 saturated carbocycles. The second-order valence-electron chi connectivity index (χ2n) is 5.37. The summed E-state index contributed by atoms with van der Waals surface area (Å²) in [6.45, 7) is 0. The van der Waals surface area contributed by atoms with Crippen molar-refractivity contribution in [2.45, 2.75) is 0 Å². The molecule has 1 aliphatic rings. The van der Waals surface area contributed by atoms with E-state index >= 15 is 0 Å². The van der Waals surface area contributed by atoms with Gasteiger partial charge in [-0.15, -0.1) is 0 Å². The van der Waals surface area contributed by atoms with Gasteiger partial charge in [0.15, 0.2) is 5.13 Å². The number of thiazole rings is 1. The molecule has 0 bridgehead atoms. The van der Waals surface area contributed by atoms with Gasteiger partial charge in [0.2, 0.25) is 0 Å². The van der Waals surface area contributed by atoms with E-state index in [1.54, 1.807) is 42.4 Å². The molecule has 0 aliphatic heterocycles. The van der Waals surface area contributed by atoms with Gasteiger partial charge < -0.3 is 4.74 Å². The predicted molar refractivity (Wildman–Crippen MR) is 97.5 cm³/mol. The minimum Gasteiger partial charge on any atom is -0.497 e. The van der Waals surface area contributed by atoms with Crippen molar-refractivity contribution in [1.29, 1.82) is 0 Å². The summed E-state index contributed by atoms with van der Waals surface area (Å²) in [5, 5.41) is 8.31. The molecule has 3 aromatic rings. The molecule has 1 N–H and O–H groups in total. The number of hydrogen-bond acceptors (Lipinski definition) is 6. The predicted octanol–water partition coefficient (Wildman–Crippen LogP) is 2.74. The van der Waals surface area contributed by atoms with Crippen LogP contribution in [0.5, 0.6) is 5.75 Å². The smallest absolute Gasteiger partial charge is 0.257 e. The van der Waals surface area contributed by atoms with E-state index < -0.39 is 0 Å². The van der Waals surface area contributed by atoms with Crippen LogP contribution in [0.1, 0.15) is 16.1 Å². The molecule has 1 aromatic carbocycles. The third-order valence-corrected chi connectivity index (χ3v) is 4.71. The van der Waals surface area contributed by atoms with Gasteiger partial charge in [-0.25, -0.2) is 14.6 Å². The summed E-state index contributed by atoms with van der Waals surface area (Å²) in [6, 6.07) is 6.90. The zero-order valence-electron chi connectivity index (χ0n) is 13.8. The normalized spacial score (nSPS) is 14.5. The Morgan fingerprint density at radius 3 is 2.62 bits per heavy atom. The zero-order chi connectivity index (χ0) is 17.9. The third-order valence-electron chi connectivity index (χ3n) is 3.74. The molecular formula is C18H14N5O2S. The van der Waals surface area contributed by atoms with Crippen molar-refractivity contribution in [3.05, 3.63) is 79.8 Å². The highest BCUT2D eigenvalue weighted by Gasteiger charge is 2.27. The number of anilines is 1. The van der Waals surface area contributed by atoms with Crippen LogP contribution in [0.15, 0.2) is 36.9 Å². The van der Waals surface area contributed by atoms with Crippen molar-refractivity contribution in [3.63, 3.8) is 0 Å². The topological polar surface area (TPSA) is 81.9 Å². The fourth-order valence-electron chi connectivity index (χ4n) is 2.47. The molecule has 5 radical (unpaired) electrons. The summed E-state index contributed by atoms with van der Waals surface area (Å²) in [6.07, 6.45) is 10.9. The van der Waals surface area contributed by atoms with Crippen LogP contribution in [-0.2, 0) is 0 Å². The minimum absolute atomic E-state index is 0.236. The number of hydrogen-bond donors (Lipinski definition) is 1. The maximum Gasteiger partial charge on any atom is 0.257 e. The second-order valence-corrected chi connectivity index (χ2v) is 6.35. The van der Waals surface area contributed by atoms with E-state index in [-0.39, 0.29) is 5.91 Å². The van der Waals surface area contributed by atoms with Gasteiger partial charge in [-0.05, 0) is 49.9 Å². The van der Waals surface area contributed by atoms with Crippen molar-refractivity contribution in [2.24, 2.45) is 0 Å². The van der Waals surface area contributed by atoms with E-state index in [0.717, 1.165) is 16.6 Å². The van der Waals surface area contributed by atoms with Crippen molar-refractivity contribution in [2.75, 3.05) is 12.4 Å². The highest BCUT2D eigenvalue weighted by atomic mass is 32.1. The van der Waals surface area contributed by atoms with E-state index in [9.17, 15) is 4.79 Å². The van der Waals surface area contributed by atoms with Crippen LogP contribution in [0, 0.1) is 31.6 Å². The standard InChI is InChI=1S/C18H14N5O2S/c1-25-14-8-6-13(7-9-14)16(24)22-18-21-15(12-4-2-3-5-12)17(26-18)23-11-19-10-20-23/h2-11H,1H3,(H,21,22,24). The van der Waals surface area contributed by atoms with Crippen LogP contribution >= 0.6 is 11.3 Å². The van der Waals surface area contributed by atoms with Gasteiger partial charge in [0.1, 0.15) is 23.4 Å². The highest BCUT2D eigenvalue weighted by Crippen LogP contribution is 2.37. The lowest BCUT2D eigenvalue weighted by Gasteiger charge is -2.06. The van der Waals surface area contributed by atoms with Gasteiger partial charge in [-0.2, -0.15) is 5.10 Å². The van der Waals surface area contributed by atoms with Crippen LogP contribution in [0.25, 0.3) is 5.00 Å². The minimum atomic E-state index is -0.236. The van der Waals surface area contributed by atoms with Gasteiger partial charge in [-0.1, -0.05) is 11.3 Å². The van der Waals surface area contributed by atoms with Crippen LogP contribution in [0.4, 0.5) is 5.13 Å². The Morgan fingerprint density at radius 1 is 1.19 bits per heavy atom. The number of ether oxygens (including phenoxy) is 1. The highest BCUT2D eigenvalue weighted by molar-refractivity contribution is 7.18. The Morgan fingerprint density at radius 2 is 1.96 bits per heavy atom. The first-order valence-electron chi connectivity index (χ1n) is 7.78. The maximum absolute atomic E-state index is 12.5. The van der Waals surface area contributed by atoms with Crippen molar-refractivity contribution in [3.8, 4) is 10.8 Å². The molecule has 1 amide bonds. The first kappa shape index (κ1) is 16.7. The lowest BCUT2D eigenvalue weighted by atomic mass is 10.1. The molecule has 0 atom stereocenters. The SMILES string of the molecule is COc1ccc(C(=O)Nc2nc([C]3[CH][CH][CH][CH]3)c(-n3cncn3)s2)cc1. The number of amides is 1. The van der Waals surface area contributed by atoms with Crippen LogP contribution in [0.2, 0.25) is 0 Å². The Hall–Kier alpha value is -2.74. The molecule has 0 spiro atoms. The van der Waals surface area contributed by atoms with Crippen LogP contribution < -0.4 is 10.1 Å². The summed E-state index contributed by atoms with van der Waals surface area (Å²) in [5.41, 5.74) is 1.27. The number of nitrogens with one attached hydrogen (secondary N) is 1. The van der Waals surface area contributed by atoms with E-state index in [1.807, 2.05) is 25.7 Å². The van der Waals surface area contributed by atoms with Gasteiger partial charge in [0.05, 0.1) is 12.8 Å². The molecule has 0 unspecified atom stereocenters. The summed E-state index contributed by atoms with van der Waals surface area (Å²) in [7, 11) is 1.58. The van der Waals surface area contributed by atoms with Crippen molar-refractivity contribution >= 4 is 22.4 Å². The number of carbonyl (C=O) groups excluding carboxylic acids is 1. The van der Waals surface area contributed by atoms with Gasteiger partial charge in [-0.3, -0.25) is 10.1 Å². The van der Waals surface area contributed by atoms with Crippen LogP contribution in [0.3, 0.4) is 0 Å². The quantitative estimate of drug-likeness (QED) is 0.753. The number of aromatic nitrogens is 4. The molecule has 7 nitrogen and oxygen atoms in total. The Balaban J connectivity index is 1.59. The second kappa shape index (κ2) is 7.25. The van der Waals surface area contributed by atoms with E-state index in [1.165, 1.54) is 17.7 Å². The van der Waals surface area contributed by atoms with Gasteiger partial charge in [0, 0.05) is 11.5 Å². The summed E-state index contributed by atoms with van der Waals surface area (Å²) in [5.74, 6) is 1.42. The molecule has 129 valence electrons. The molecule has 26 heavy (non-hydrogen) atoms. The number of rotatable bonds is 5. The molecule has 1 fully saturated rings. The summed E-state index contributed by atoms with van der Waals surface area (Å²) >= 11 is 1.34. The molecule has 2 aromatic heterocycles. The van der Waals surface area contributed by atoms with E-state index in [4.69, 9.17) is 4.74 Å². The zero-order valence-corrected chi connectivity index (χ0v) is 14.6. The monoisotopic (exact) mass is 364 g/mol. The van der Waals surface area contributed by atoms with E-state index in [2.05, 4.69) is 20.4 Å². The number of nitrogens with zero attached hydrogens (tertiary/aromatic N) is 4.